The molecule has 4 rings (SSSR count). The molecule has 0 aromatic heterocycles. The molecule has 190 valence electrons. The summed E-state index contributed by atoms with van der Waals surface area (Å²) in [6, 6.07) is 4.85. The summed E-state index contributed by atoms with van der Waals surface area (Å²) in [5.74, 6) is 0.250. The van der Waals surface area contributed by atoms with Crippen molar-refractivity contribution in [3.8, 4) is 0 Å². The molecule has 2 atom stereocenters. The first-order valence-corrected chi connectivity index (χ1v) is 13.9. The first-order valence-electron chi connectivity index (χ1n) is 12.4. The van der Waals surface area contributed by atoms with Crippen molar-refractivity contribution in [2.45, 2.75) is 43.6 Å². The Balaban J connectivity index is 1.48. The van der Waals surface area contributed by atoms with Crippen LogP contribution in [0.1, 0.15) is 43.0 Å². The molecule has 1 aromatic rings. The van der Waals surface area contributed by atoms with E-state index in [0.29, 0.717) is 77.2 Å². The molecular formula is C24H37N3O6S. The quantitative estimate of drug-likeness (QED) is 0.550. The van der Waals surface area contributed by atoms with Gasteiger partial charge in [-0.05, 0) is 37.0 Å². The van der Waals surface area contributed by atoms with Gasteiger partial charge >= 0.3 is 0 Å². The summed E-state index contributed by atoms with van der Waals surface area (Å²) in [5.41, 5.74) is 1.09. The fourth-order valence-electron chi connectivity index (χ4n) is 4.87. The third kappa shape index (κ3) is 6.09. The summed E-state index contributed by atoms with van der Waals surface area (Å²) in [6.45, 7) is 6.86. The third-order valence-electron chi connectivity index (χ3n) is 6.92. The SMILES string of the molecule is CC1CCCCC1OCCNC(=O)c1cc(S(=O)(=O)N2CCOCC2)ccc1N1CCOCC1. The zero-order valence-corrected chi connectivity index (χ0v) is 20.9. The van der Waals surface area contributed by atoms with E-state index in [2.05, 4.69) is 17.1 Å². The summed E-state index contributed by atoms with van der Waals surface area (Å²) in [6.07, 6.45) is 4.94. The summed E-state index contributed by atoms with van der Waals surface area (Å²) in [4.78, 5) is 15.4. The minimum absolute atomic E-state index is 0.129. The van der Waals surface area contributed by atoms with Crippen LogP contribution in [0.4, 0.5) is 5.69 Å². The van der Waals surface area contributed by atoms with Gasteiger partial charge in [-0.1, -0.05) is 19.8 Å². The van der Waals surface area contributed by atoms with Crippen LogP contribution in [0.15, 0.2) is 23.1 Å². The molecule has 1 aromatic carbocycles. The summed E-state index contributed by atoms with van der Waals surface area (Å²) in [7, 11) is -3.71. The number of amides is 1. The Labute approximate surface area is 202 Å². The average Bonchev–Trinajstić information content (AvgIpc) is 2.88. The Kier molecular flexibility index (Phi) is 8.81. The third-order valence-corrected chi connectivity index (χ3v) is 8.82. The van der Waals surface area contributed by atoms with Gasteiger partial charge in [-0.3, -0.25) is 4.79 Å². The van der Waals surface area contributed by atoms with Crippen LogP contribution < -0.4 is 10.2 Å². The lowest BCUT2D eigenvalue weighted by Gasteiger charge is -2.31. The number of carbonyl (C=O) groups excluding carboxylic acids is 1. The van der Waals surface area contributed by atoms with Crippen molar-refractivity contribution >= 4 is 21.6 Å². The van der Waals surface area contributed by atoms with Crippen LogP contribution in [-0.2, 0) is 24.2 Å². The zero-order chi connectivity index (χ0) is 24.0. The average molecular weight is 496 g/mol. The minimum atomic E-state index is -3.71. The van der Waals surface area contributed by atoms with E-state index in [-0.39, 0.29) is 16.9 Å². The maximum absolute atomic E-state index is 13.2. The lowest BCUT2D eigenvalue weighted by molar-refractivity contribution is -0.00293. The van der Waals surface area contributed by atoms with Crippen LogP contribution in [0.5, 0.6) is 0 Å². The molecule has 1 N–H and O–H groups in total. The highest BCUT2D eigenvalue weighted by molar-refractivity contribution is 7.89. The van der Waals surface area contributed by atoms with E-state index in [1.165, 1.54) is 29.6 Å². The van der Waals surface area contributed by atoms with E-state index in [9.17, 15) is 13.2 Å². The van der Waals surface area contributed by atoms with E-state index in [1.807, 2.05) is 0 Å². The summed E-state index contributed by atoms with van der Waals surface area (Å²) in [5, 5.41) is 2.94. The molecule has 3 aliphatic rings. The van der Waals surface area contributed by atoms with Crippen LogP contribution in [0.25, 0.3) is 0 Å². The van der Waals surface area contributed by atoms with Gasteiger partial charge in [-0.15, -0.1) is 0 Å². The lowest BCUT2D eigenvalue weighted by atomic mass is 9.88. The van der Waals surface area contributed by atoms with Crippen molar-refractivity contribution in [2.75, 3.05) is 70.7 Å². The number of morpholine rings is 2. The van der Waals surface area contributed by atoms with Gasteiger partial charge in [0.05, 0.1) is 49.6 Å². The second-order valence-corrected chi connectivity index (χ2v) is 11.2. The topological polar surface area (TPSA) is 97.4 Å². The molecule has 2 heterocycles. The Hall–Kier alpha value is -1.72. The molecule has 3 fully saturated rings. The molecule has 2 saturated heterocycles. The van der Waals surface area contributed by atoms with Crippen molar-refractivity contribution in [1.29, 1.82) is 0 Å². The van der Waals surface area contributed by atoms with Gasteiger partial charge in [0.2, 0.25) is 10.0 Å². The molecule has 9 nitrogen and oxygen atoms in total. The number of carbonyl (C=O) groups is 1. The van der Waals surface area contributed by atoms with Gasteiger partial charge < -0.3 is 24.4 Å². The fourth-order valence-corrected chi connectivity index (χ4v) is 6.31. The second kappa shape index (κ2) is 11.8. The molecule has 0 radical (unpaired) electrons. The molecular weight excluding hydrogens is 458 g/mol. The highest BCUT2D eigenvalue weighted by Crippen LogP contribution is 2.28. The predicted molar refractivity (Wildman–Crippen MR) is 129 cm³/mol. The molecule has 1 aliphatic carbocycles. The van der Waals surface area contributed by atoms with E-state index >= 15 is 0 Å². The Morgan fingerprint density at radius 3 is 2.44 bits per heavy atom. The number of benzene rings is 1. The Morgan fingerprint density at radius 2 is 1.74 bits per heavy atom. The smallest absolute Gasteiger partial charge is 0.253 e. The van der Waals surface area contributed by atoms with Gasteiger partial charge in [-0.2, -0.15) is 4.31 Å². The first-order chi connectivity index (χ1) is 16.5. The van der Waals surface area contributed by atoms with Crippen molar-refractivity contribution in [3.05, 3.63) is 23.8 Å². The highest BCUT2D eigenvalue weighted by atomic mass is 32.2. The van der Waals surface area contributed by atoms with E-state index in [1.54, 1.807) is 12.1 Å². The van der Waals surface area contributed by atoms with E-state index in [0.717, 1.165) is 12.1 Å². The number of rotatable bonds is 8. The number of ether oxygens (including phenoxy) is 3. The largest absolute Gasteiger partial charge is 0.379 e. The van der Waals surface area contributed by atoms with Crippen molar-refractivity contribution < 1.29 is 27.4 Å². The normalized spacial score (nSPS) is 24.7. The molecule has 0 bridgehead atoms. The summed E-state index contributed by atoms with van der Waals surface area (Å²) < 4.78 is 44.6. The molecule has 1 saturated carbocycles. The number of sulfonamides is 1. The molecule has 2 aliphatic heterocycles. The Morgan fingerprint density at radius 1 is 1.06 bits per heavy atom. The van der Waals surface area contributed by atoms with Crippen LogP contribution in [-0.4, -0.2) is 90.5 Å². The van der Waals surface area contributed by atoms with Gasteiger partial charge in [0.25, 0.3) is 5.91 Å². The zero-order valence-electron chi connectivity index (χ0n) is 20.0. The molecule has 10 heteroatoms. The molecule has 0 spiro atoms. The van der Waals surface area contributed by atoms with Gasteiger partial charge in [0.15, 0.2) is 0 Å². The Bertz CT molecular complexity index is 929. The van der Waals surface area contributed by atoms with E-state index in [4.69, 9.17) is 14.2 Å². The number of nitrogens with one attached hydrogen (secondary N) is 1. The standard InChI is InChI=1S/C24H37N3O6S/c1-19-4-2-3-5-23(19)33-13-8-25-24(28)21-18-20(34(29,30)27-11-16-32-17-12-27)6-7-22(21)26-9-14-31-15-10-26/h6-7,18-19,23H,2-5,8-17H2,1H3,(H,25,28). The number of hydrogen-bond acceptors (Lipinski definition) is 7. The number of nitrogens with zero attached hydrogens (tertiary/aromatic N) is 2. The minimum Gasteiger partial charge on any atom is -0.379 e. The van der Waals surface area contributed by atoms with Crippen LogP contribution in [0, 0.1) is 5.92 Å². The molecule has 34 heavy (non-hydrogen) atoms. The maximum Gasteiger partial charge on any atom is 0.253 e. The highest BCUT2D eigenvalue weighted by Gasteiger charge is 2.29. The fraction of sp³-hybridized carbons (Fsp3) is 0.708. The second-order valence-electron chi connectivity index (χ2n) is 9.22. The molecule has 1 amide bonds. The lowest BCUT2D eigenvalue weighted by Crippen LogP contribution is -2.41. The van der Waals surface area contributed by atoms with Crippen molar-refractivity contribution in [1.82, 2.24) is 9.62 Å². The van der Waals surface area contributed by atoms with Crippen LogP contribution >= 0.6 is 0 Å². The van der Waals surface area contributed by atoms with Crippen molar-refractivity contribution in [3.63, 3.8) is 0 Å². The maximum atomic E-state index is 13.2. The van der Waals surface area contributed by atoms with Gasteiger partial charge in [-0.25, -0.2) is 8.42 Å². The van der Waals surface area contributed by atoms with Crippen molar-refractivity contribution in [2.24, 2.45) is 5.92 Å². The van der Waals surface area contributed by atoms with Gasteiger partial charge in [0, 0.05) is 38.4 Å². The van der Waals surface area contributed by atoms with Crippen LogP contribution in [0.2, 0.25) is 0 Å². The number of hydrogen-bond donors (Lipinski definition) is 1. The summed E-state index contributed by atoms with van der Waals surface area (Å²) >= 11 is 0. The first kappa shape index (κ1) is 25.4. The monoisotopic (exact) mass is 495 g/mol. The van der Waals surface area contributed by atoms with Gasteiger partial charge in [0.1, 0.15) is 0 Å². The van der Waals surface area contributed by atoms with E-state index < -0.39 is 10.0 Å². The molecule has 2 unspecified atom stereocenters. The number of anilines is 1. The van der Waals surface area contributed by atoms with Crippen LogP contribution in [0.3, 0.4) is 0 Å². The predicted octanol–water partition coefficient (Wildman–Crippen LogP) is 1.87.